The fourth-order valence-corrected chi connectivity index (χ4v) is 6.31. The minimum absolute atomic E-state index is 0.00597. The van der Waals surface area contributed by atoms with Crippen LogP contribution in [0.4, 0.5) is 0 Å². The van der Waals surface area contributed by atoms with Gasteiger partial charge < -0.3 is 5.32 Å². The lowest BCUT2D eigenvalue weighted by Crippen LogP contribution is -2.46. The largest absolute Gasteiger partial charge is 0.350 e. The number of hydrogen-bond acceptors (Lipinski definition) is 4. The quantitative estimate of drug-likeness (QED) is 0.843. The van der Waals surface area contributed by atoms with E-state index in [1.165, 1.54) is 11.8 Å². The number of thioether (sulfide) groups is 1. The van der Waals surface area contributed by atoms with Crippen LogP contribution in [-0.4, -0.2) is 42.4 Å². The molecule has 1 N–H and O–H groups in total. The Balaban J connectivity index is 2.37. The van der Waals surface area contributed by atoms with E-state index in [4.69, 9.17) is 0 Å². The molecule has 1 heterocycles. The third-order valence-electron chi connectivity index (χ3n) is 3.09. The van der Waals surface area contributed by atoms with Crippen LogP contribution in [0.2, 0.25) is 0 Å². The Bertz CT molecular complexity index is 450. The molecule has 0 aliphatic carbocycles. The highest BCUT2D eigenvalue weighted by Crippen LogP contribution is 2.27. The van der Waals surface area contributed by atoms with Gasteiger partial charge in [0, 0.05) is 10.8 Å². The Hall–Kier alpha value is -0.230. The number of carbonyl (C=O) groups excluding carboxylic acids is 1. The molecule has 0 spiro atoms. The molecule has 1 rings (SSSR count). The average Bonchev–Trinajstić information content (AvgIpc) is 2.50. The van der Waals surface area contributed by atoms with Gasteiger partial charge in [-0.05, 0) is 32.1 Å². The maximum absolute atomic E-state index is 12.0. The van der Waals surface area contributed by atoms with Crippen molar-refractivity contribution in [1.29, 1.82) is 0 Å². The molecular formula is C14H27NO3S2. The van der Waals surface area contributed by atoms with Crippen molar-refractivity contribution in [1.82, 2.24) is 5.32 Å². The van der Waals surface area contributed by atoms with Crippen molar-refractivity contribution >= 4 is 27.5 Å². The molecular weight excluding hydrogens is 294 g/mol. The number of rotatable bonds is 5. The molecule has 0 saturated carbocycles. The van der Waals surface area contributed by atoms with Gasteiger partial charge in [-0.2, -0.15) is 0 Å². The molecule has 1 amide bonds. The zero-order chi connectivity index (χ0) is 15.6. The molecule has 1 aliphatic heterocycles. The molecule has 0 bridgehead atoms. The van der Waals surface area contributed by atoms with Crippen molar-refractivity contribution in [3.05, 3.63) is 0 Å². The Morgan fingerprint density at radius 3 is 2.30 bits per heavy atom. The highest BCUT2D eigenvalue weighted by molar-refractivity contribution is 8.02. The number of amides is 1. The molecule has 1 unspecified atom stereocenters. The van der Waals surface area contributed by atoms with Crippen LogP contribution in [0.25, 0.3) is 0 Å². The van der Waals surface area contributed by atoms with Crippen LogP contribution in [0.1, 0.15) is 47.5 Å². The van der Waals surface area contributed by atoms with Crippen LogP contribution in [0.5, 0.6) is 0 Å². The Morgan fingerprint density at radius 2 is 1.85 bits per heavy atom. The summed E-state index contributed by atoms with van der Waals surface area (Å²) in [4.78, 5) is 12.0. The first-order chi connectivity index (χ1) is 8.89. The smallest absolute Gasteiger partial charge is 0.230 e. The summed E-state index contributed by atoms with van der Waals surface area (Å²) < 4.78 is 22.7. The van der Waals surface area contributed by atoms with Gasteiger partial charge in [0.25, 0.3) is 0 Å². The maximum atomic E-state index is 12.0. The van der Waals surface area contributed by atoms with Crippen molar-refractivity contribution in [2.45, 2.75) is 58.2 Å². The van der Waals surface area contributed by atoms with Gasteiger partial charge in [-0.15, -0.1) is 11.8 Å². The molecule has 0 aromatic rings. The zero-order valence-electron chi connectivity index (χ0n) is 13.2. The van der Waals surface area contributed by atoms with Gasteiger partial charge in [-0.1, -0.05) is 20.8 Å². The van der Waals surface area contributed by atoms with Crippen molar-refractivity contribution in [2.75, 3.05) is 17.3 Å². The molecule has 6 heteroatoms. The van der Waals surface area contributed by atoms with Crippen LogP contribution in [0, 0.1) is 5.41 Å². The van der Waals surface area contributed by atoms with Crippen molar-refractivity contribution in [3.63, 3.8) is 0 Å². The molecule has 20 heavy (non-hydrogen) atoms. The minimum atomic E-state index is -2.86. The van der Waals surface area contributed by atoms with E-state index >= 15 is 0 Å². The van der Waals surface area contributed by atoms with E-state index in [1.54, 1.807) is 0 Å². The van der Waals surface area contributed by atoms with Crippen LogP contribution in [0.3, 0.4) is 0 Å². The molecule has 1 saturated heterocycles. The van der Waals surface area contributed by atoms with E-state index in [2.05, 4.69) is 26.1 Å². The third kappa shape index (κ3) is 6.97. The molecule has 0 aromatic carbocycles. The molecule has 0 radical (unpaired) electrons. The predicted molar refractivity (Wildman–Crippen MR) is 85.8 cm³/mol. The summed E-state index contributed by atoms with van der Waals surface area (Å²) in [6.07, 6.45) is 1.57. The molecule has 0 aromatic heterocycles. The first-order valence-corrected chi connectivity index (χ1v) is 9.89. The molecule has 1 atom stereocenters. The number of nitrogens with one attached hydrogen (secondary N) is 1. The average molecular weight is 322 g/mol. The SMILES string of the molecule is CC(C)(C)CC(C)(C)NC(=O)CSC1CCS(=O)(=O)C1. The van der Waals surface area contributed by atoms with E-state index in [9.17, 15) is 13.2 Å². The maximum Gasteiger partial charge on any atom is 0.230 e. The first kappa shape index (κ1) is 17.8. The molecule has 1 aliphatic rings. The summed E-state index contributed by atoms with van der Waals surface area (Å²) in [5.41, 5.74) is -0.0822. The van der Waals surface area contributed by atoms with Gasteiger partial charge in [0.1, 0.15) is 0 Å². The second-order valence-electron chi connectivity index (χ2n) is 7.51. The summed E-state index contributed by atoms with van der Waals surface area (Å²) in [7, 11) is -2.86. The van der Waals surface area contributed by atoms with Crippen LogP contribution >= 0.6 is 11.8 Å². The lowest BCUT2D eigenvalue weighted by molar-refractivity contribution is -0.120. The lowest BCUT2D eigenvalue weighted by atomic mass is 9.82. The van der Waals surface area contributed by atoms with Crippen LogP contribution in [-0.2, 0) is 14.6 Å². The summed E-state index contributed by atoms with van der Waals surface area (Å²) in [6, 6.07) is 0. The fourth-order valence-electron chi connectivity index (χ4n) is 2.87. The van der Waals surface area contributed by atoms with E-state index in [0.717, 1.165) is 6.42 Å². The summed E-state index contributed by atoms with van der Waals surface area (Å²) in [6.45, 7) is 10.5. The van der Waals surface area contributed by atoms with Crippen molar-refractivity contribution < 1.29 is 13.2 Å². The minimum Gasteiger partial charge on any atom is -0.350 e. The highest BCUT2D eigenvalue weighted by atomic mass is 32.2. The summed E-state index contributed by atoms with van der Waals surface area (Å²) >= 11 is 1.46. The van der Waals surface area contributed by atoms with E-state index in [0.29, 0.717) is 12.2 Å². The normalized spacial score (nSPS) is 22.8. The zero-order valence-corrected chi connectivity index (χ0v) is 14.8. The van der Waals surface area contributed by atoms with Gasteiger partial charge in [0.05, 0.1) is 17.3 Å². The highest BCUT2D eigenvalue weighted by Gasteiger charge is 2.30. The van der Waals surface area contributed by atoms with E-state index in [-0.39, 0.29) is 33.6 Å². The molecule has 1 fully saturated rings. The fraction of sp³-hybridized carbons (Fsp3) is 0.929. The lowest BCUT2D eigenvalue weighted by Gasteiger charge is -2.33. The number of hydrogen-bond donors (Lipinski definition) is 1. The Morgan fingerprint density at radius 1 is 1.25 bits per heavy atom. The van der Waals surface area contributed by atoms with Crippen LogP contribution < -0.4 is 5.32 Å². The van der Waals surface area contributed by atoms with Gasteiger partial charge in [-0.3, -0.25) is 4.79 Å². The Kier molecular flexibility index (Phi) is 5.58. The van der Waals surface area contributed by atoms with Crippen molar-refractivity contribution in [2.24, 2.45) is 5.41 Å². The molecule has 118 valence electrons. The number of carbonyl (C=O) groups is 1. The number of sulfone groups is 1. The summed E-state index contributed by atoms with van der Waals surface area (Å²) in [5, 5.41) is 3.13. The Labute approximate surface area is 127 Å². The predicted octanol–water partition coefficient (Wildman–Crippen LogP) is 2.24. The van der Waals surface area contributed by atoms with Gasteiger partial charge in [-0.25, -0.2) is 8.42 Å². The topological polar surface area (TPSA) is 63.2 Å². The first-order valence-electron chi connectivity index (χ1n) is 7.02. The second kappa shape index (κ2) is 6.26. The van der Waals surface area contributed by atoms with Crippen molar-refractivity contribution in [3.8, 4) is 0 Å². The second-order valence-corrected chi connectivity index (χ2v) is 11.0. The van der Waals surface area contributed by atoms with Gasteiger partial charge in [0.2, 0.25) is 5.91 Å². The van der Waals surface area contributed by atoms with Crippen LogP contribution in [0.15, 0.2) is 0 Å². The standard InChI is InChI=1S/C14H27NO3S2/c1-13(2,3)10-14(4,5)15-12(16)8-19-11-6-7-20(17,18)9-11/h11H,6-10H2,1-5H3,(H,15,16). The monoisotopic (exact) mass is 321 g/mol. The third-order valence-corrected chi connectivity index (χ3v) is 6.37. The van der Waals surface area contributed by atoms with Gasteiger partial charge in [0.15, 0.2) is 9.84 Å². The summed E-state index contributed by atoms with van der Waals surface area (Å²) in [5.74, 6) is 0.819. The van der Waals surface area contributed by atoms with E-state index in [1.807, 2.05) is 13.8 Å². The van der Waals surface area contributed by atoms with E-state index < -0.39 is 9.84 Å². The van der Waals surface area contributed by atoms with Gasteiger partial charge >= 0.3 is 0 Å². The molecule has 4 nitrogen and oxygen atoms in total.